The van der Waals surface area contributed by atoms with E-state index < -0.39 is 73.5 Å². The Bertz CT molecular complexity index is 1210. The molecule has 0 spiro atoms. The third-order valence-corrected chi connectivity index (χ3v) is 6.55. The van der Waals surface area contributed by atoms with Gasteiger partial charge in [0.25, 0.3) is 0 Å². The highest BCUT2D eigenvalue weighted by atomic mass is 16.3. The van der Waals surface area contributed by atoms with Crippen LogP contribution in [0.15, 0.2) is 54.6 Å². The number of primary amides is 1. The largest absolute Gasteiger partial charge is 0.508 e. The van der Waals surface area contributed by atoms with Gasteiger partial charge in [-0.15, -0.1) is 0 Å². The molecule has 0 aliphatic rings. The summed E-state index contributed by atoms with van der Waals surface area (Å²) in [6.45, 7) is -2.04. The summed E-state index contributed by atoms with van der Waals surface area (Å²) in [7, 11) is 2.90. The van der Waals surface area contributed by atoms with Crippen molar-refractivity contribution >= 4 is 29.5 Å². The van der Waals surface area contributed by atoms with Crippen molar-refractivity contribution in [3.8, 4) is 5.75 Å². The van der Waals surface area contributed by atoms with Crippen LogP contribution in [0.1, 0.15) is 11.1 Å². The van der Waals surface area contributed by atoms with Crippen LogP contribution in [0.25, 0.3) is 0 Å². The number of carbonyl (C=O) groups is 5. The SMILES string of the molecule is CN[C@@H](Cc1ccc(O)cc1)C(=O)N[C@H](CO)C(=O)NCC(=O)N(C)[C@@H](Cc1ccccc1)C(=O)N[C@H](CO)C(N)=O. The molecule has 0 saturated carbocycles. The van der Waals surface area contributed by atoms with Gasteiger partial charge in [0.15, 0.2) is 0 Å². The minimum absolute atomic E-state index is 0.0571. The van der Waals surface area contributed by atoms with Crippen molar-refractivity contribution in [3.05, 3.63) is 65.7 Å². The highest BCUT2D eigenvalue weighted by molar-refractivity contribution is 5.94. The summed E-state index contributed by atoms with van der Waals surface area (Å²) in [6.07, 6.45) is 0.297. The molecule has 0 unspecified atom stereocenters. The molecule has 2 aromatic carbocycles. The number of aliphatic hydroxyl groups excluding tert-OH is 2. The summed E-state index contributed by atoms with van der Waals surface area (Å²) in [5, 5.41) is 38.5. The Morgan fingerprint density at radius 1 is 0.786 bits per heavy atom. The fourth-order valence-corrected chi connectivity index (χ4v) is 3.96. The molecular weight excluding hydrogens is 548 g/mol. The van der Waals surface area contributed by atoms with Crippen molar-refractivity contribution in [2.75, 3.05) is 33.9 Å². The predicted molar refractivity (Wildman–Crippen MR) is 152 cm³/mol. The van der Waals surface area contributed by atoms with Crippen LogP contribution in [0.5, 0.6) is 5.75 Å². The van der Waals surface area contributed by atoms with Crippen molar-refractivity contribution in [1.29, 1.82) is 0 Å². The third kappa shape index (κ3) is 10.1. The number of amides is 5. The van der Waals surface area contributed by atoms with Gasteiger partial charge in [0.2, 0.25) is 29.5 Å². The maximum absolute atomic E-state index is 13.0. The molecule has 0 bridgehead atoms. The van der Waals surface area contributed by atoms with Gasteiger partial charge in [-0.2, -0.15) is 0 Å². The smallest absolute Gasteiger partial charge is 0.245 e. The normalized spacial score (nSPS) is 13.6. The second-order valence-electron chi connectivity index (χ2n) is 9.53. The van der Waals surface area contributed by atoms with E-state index in [2.05, 4.69) is 21.3 Å². The first-order chi connectivity index (χ1) is 20.0. The van der Waals surface area contributed by atoms with E-state index in [1.54, 1.807) is 49.5 Å². The summed E-state index contributed by atoms with van der Waals surface area (Å²) in [5.74, 6) is -3.70. The summed E-state index contributed by atoms with van der Waals surface area (Å²) >= 11 is 0. The second-order valence-corrected chi connectivity index (χ2v) is 9.53. The number of nitrogens with one attached hydrogen (secondary N) is 4. The van der Waals surface area contributed by atoms with E-state index in [0.717, 1.165) is 10.5 Å². The van der Waals surface area contributed by atoms with Gasteiger partial charge in [0.1, 0.15) is 23.9 Å². The summed E-state index contributed by atoms with van der Waals surface area (Å²) in [6, 6.07) is 10.4. The molecule has 0 radical (unpaired) electrons. The molecule has 0 heterocycles. The number of nitrogens with zero attached hydrogens (tertiary/aromatic N) is 1. The zero-order valence-corrected chi connectivity index (χ0v) is 23.4. The molecule has 0 fully saturated rings. The van der Waals surface area contributed by atoms with Crippen LogP contribution in [0.4, 0.5) is 0 Å². The molecule has 5 amide bonds. The lowest BCUT2D eigenvalue weighted by molar-refractivity contribution is -0.140. The van der Waals surface area contributed by atoms with E-state index in [9.17, 15) is 39.3 Å². The Balaban J connectivity index is 2.04. The third-order valence-electron chi connectivity index (χ3n) is 6.55. The van der Waals surface area contributed by atoms with Crippen molar-refractivity contribution in [1.82, 2.24) is 26.2 Å². The molecule has 0 aliphatic heterocycles. The van der Waals surface area contributed by atoms with Gasteiger partial charge in [-0.25, -0.2) is 0 Å². The fraction of sp³-hybridized carbons (Fsp3) is 0.393. The van der Waals surface area contributed by atoms with E-state index in [-0.39, 0.29) is 18.6 Å². The zero-order valence-electron chi connectivity index (χ0n) is 23.4. The predicted octanol–water partition coefficient (Wildman–Crippen LogP) is -2.85. The van der Waals surface area contributed by atoms with Crippen LogP contribution in [0.3, 0.4) is 0 Å². The summed E-state index contributed by atoms with van der Waals surface area (Å²) < 4.78 is 0. The van der Waals surface area contributed by atoms with Gasteiger partial charge in [-0.1, -0.05) is 42.5 Å². The van der Waals surface area contributed by atoms with E-state index in [1.165, 1.54) is 19.2 Å². The lowest BCUT2D eigenvalue weighted by Gasteiger charge is -2.29. The highest BCUT2D eigenvalue weighted by Crippen LogP contribution is 2.12. The topological polar surface area (TPSA) is 223 Å². The molecular formula is C28H38N6O8. The number of likely N-dealkylation sites (N-methyl/N-ethyl adjacent to an activating group) is 2. The molecule has 0 aliphatic carbocycles. The maximum Gasteiger partial charge on any atom is 0.245 e. The van der Waals surface area contributed by atoms with Crippen LogP contribution in [-0.2, 0) is 36.8 Å². The van der Waals surface area contributed by atoms with Crippen molar-refractivity contribution < 1.29 is 39.3 Å². The lowest BCUT2D eigenvalue weighted by Crippen LogP contribution is -2.57. The Kier molecular flexibility index (Phi) is 13.4. The van der Waals surface area contributed by atoms with Crippen molar-refractivity contribution in [2.24, 2.45) is 5.73 Å². The number of aromatic hydroxyl groups is 1. The van der Waals surface area contributed by atoms with Gasteiger partial charge < -0.3 is 47.2 Å². The molecule has 4 atom stereocenters. The first-order valence-corrected chi connectivity index (χ1v) is 13.1. The molecule has 14 nitrogen and oxygen atoms in total. The summed E-state index contributed by atoms with van der Waals surface area (Å²) in [5.41, 5.74) is 6.66. The minimum atomic E-state index is -1.37. The number of hydrogen-bond donors (Lipinski definition) is 8. The number of nitrogens with two attached hydrogens (primary N) is 1. The molecule has 14 heteroatoms. The van der Waals surface area contributed by atoms with Gasteiger partial charge in [0, 0.05) is 13.5 Å². The van der Waals surface area contributed by atoms with Gasteiger partial charge in [-0.3, -0.25) is 24.0 Å². The Morgan fingerprint density at radius 2 is 1.36 bits per heavy atom. The molecule has 228 valence electrons. The molecule has 42 heavy (non-hydrogen) atoms. The van der Waals surface area contributed by atoms with Crippen molar-refractivity contribution in [2.45, 2.75) is 37.0 Å². The van der Waals surface area contributed by atoms with E-state index >= 15 is 0 Å². The number of rotatable bonds is 16. The number of benzene rings is 2. The minimum Gasteiger partial charge on any atom is -0.508 e. The van der Waals surface area contributed by atoms with E-state index in [0.29, 0.717) is 5.56 Å². The standard InChI is InChI=1S/C28H38N6O8/c1-30-20(12-18-8-10-19(37)11-9-18)27(41)33-22(16-36)26(40)31-14-24(38)34(2)23(13-17-6-4-3-5-7-17)28(42)32-21(15-35)25(29)39/h3-11,20-23,30,35-37H,12-16H2,1-2H3,(H2,29,39)(H,31,40)(H,32,42)(H,33,41)/t20-,21+,22+,23-/m0/s1. The second kappa shape index (κ2) is 16.7. The fourth-order valence-electron chi connectivity index (χ4n) is 3.96. The van der Waals surface area contributed by atoms with Gasteiger partial charge in [0.05, 0.1) is 25.8 Å². The number of carbonyl (C=O) groups excluding carboxylic acids is 5. The molecule has 2 aromatic rings. The number of phenols is 1. The van der Waals surface area contributed by atoms with Gasteiger partial charge in [-0.05, 0) is 36.7 Å². The van der Waals surface area contributed by atoms with E-state index in [4.69, 9.17) is 5.73 Å². The number of phenolic OH excluding ortho intramolecular Hbond substituents is 1. The van der Waals surface area contributed by atoms with E-state index in [1.807, 2.05) is 0 Å². The molecule has 0 saturated heterocycles. The van der Waals surface area contributed by atoms with Crippen LogP contribution in [0, 0.1) is 0 Å². The Hall–Kier alpha value is -4.53. The van der Waals surface area contributed by atoms with Crippen LogP contribution in [-0.4, -0.2) is 108 Å². The Labute approximate surface area is 243 Å². The number of hydrogen-bond acceptors (Lipinski definition) is 9. The quantitative estimate of drug-likeness (QED) is 0.101. The monoisotopic (exact) mass is 586 g/mol. The lowest BCUT2D eigenvalue weighted by atomic mass is 10.0. The Morgan fingerprint density at radius 3 is 1.90 bits per heavy atom. The molecule has 9 N–H and O–H groups in total. The van der Waals surface area contributed by atoms with Crippen molar-refractivity contribution in [3.63, 3.8) is 0 Å². The first-order valence-electron chi connectivity index (χ1n) is 13.1. The van der Waals surface area contributed by atoms with Crippen LogP contribution >= 0.6 is 0 Å². The maximum atomic E-state index is 13.0. The first kappa shape index (κ1) is 33.7. The summed E-state index contributed by atoms with van der Waals surface area (Å²) in [4.78, 5) is 64.1. The average molecular weight is 587 g/mol. The van der Waals surface area contributed by atoms with Gasteiger partial charge >= 0.3 is 0 Å². The van der Waals surface area contributed by atoms with Crippen LogP contribution in [0.2, 0.25) is 0 Å². The zero-order chi connectivity index (χ0) is 31.2. The molecule has 0 aromatic heterocycles. The van der Waals surface area contributed by atoms with Crippen LogP contribution < -0.4 is 27.0 Å². The molecule has 2 rings (SSSR count). The number of aliphatic hydroxyl groups is 2. The average Bonchev–Trinajstić information content (AvgIpc) is 2.99. The highest BCUT2D eigenvalue weighted by Gasteiger charge is 2.31.